The third-order valence-corrected chi connectivity index (χ3v) is 4.50. The van der Waals surface area contributed by atoms with E-state index in [1.54, 1.807) is 0 Å². The van der Waals surface area contributed by atoms with Gasteiger partial charge < -0.3 is 11.1 Å². The largest absolute Gasteiger partial charge is 0.389 e. The average Bonchev–Trinajstić information content (AvgIpc) is 2.38. The van der Waals surface area contributed by atoms with Crippen molar-refractivity contribution in [3.63, 3.8) is 0 Å². The van der Waals surface area contributed by atoms with E-state index >= 15 is 0 Å². The molecular formula is C16H24N2S. The second-order valence-corrected chi connectivity index (χ2v) is 6.26. The maximum absolute atomic E-state index is 5.81. The third kappa shape index (κ3) is 3.69. The average molecular weight is 276 g/mol. The van der Waals surface area contributed by atoms with Crippen molar-refractivity contribution in [2.75, 3.05) is 11.9 Å². The van der Waals surface area contributed by atoms with E-state index in [-0.39, 0.29) is 0 Å². The summed E-state index contributed by atoms with van der Waals surface area (Å²) in [6, 6.07) is 6.26. The molecule has 2 nitrogen and oxygen atoms in total. The molecule has 19 heavy (non-hydrogen) atoms. The molecule has 1 aliphatic rings. The van der Waals surface area contributed by atoms with Gasteiger partial charge in [-0.25, -0.2) is 0 Å². The van der Waals surface area contributed by atoms with Crippen molar-refractivity contribution >= 4 is 22.9 Å². The lowest BCUT2D eigenvalue weighted by atomic mass is 9.80. The van der Waals surface area contributed by atoms with Crippen LogP contribution in [0.1, 0.15) is 43.7 Å². The zero-order chi connectivity index (χ0) is 13.8. The Morgan fingerprint density at radius 3 is 2.79 bits per heavy atom. The Balaban J connectivity index is 2.04. The highest BCUT2D eigenvalue weighted by Crippen LogP contribution is 2.30. The Bertz CT molecular complexity index is 456. The minimum atomic E-state index is 0.475. The predicted molar refractivity (Wildman–Crippen MR) is 86.7 cm³/mol. The first-order valence-corrected chi connectivity index (χ1v) is 7.63. The Kier molecular flexibility index (Phi) is 4.81. The summed E-state index contributed by atoms with van der Waals surface area (Å²) in [5, 5.41) is 3.55. The van der Waals surface area contributed by atoms with Crippen LogP contribution in [0, 0.1) is 18.8 Å². The van der Waals surface area contributed by atoms with Crippen molar-refractivity contribution in [3.05, 3.63) is 29.3 Å². The van der Waals surface area contributed by atoms with Crippen LogP contribution < -0.4 is 11.1 Å². The fraction of sp³-hybridized carbons (Fsp3) is 0.562. The summed E-state index contributed by atoms with van der Waals surface area (Å²) in [5.41, 5.74) is 9.06. The molecule has 0 amide bonds. The Morgan fingerprint density at radius 1 is 1.37 bits per heavy atom. The van der Waals surface area contributed by atoms with Gasteiger partial charge in [-0.3, -0.25) is 0 Å². The van der Waals surface area contributed by atoms with Gasteiger partial charge in [0.2, 0.25) is 0 Å². The molecule has 0 bridgehead atoms. The van der Waals surface area contributed by atoms with E-state index < -0.39 is 0 Å². The molecule has 1 aromatic rings. The molecule has 0 saturated heterocycles. The zero-order valence-corrected chi connectivity index (χ0v) is 12.7. The molecule has 0 spiro atoms. The van der Waals surface area contributed by atoms with Gasteiger partial charge in [-0.15, -0.1) is 0 Å². The van der Waals surface area contributed by atoms with Gasteiger partial charge in [0.25, 0.3) is 0 Å². The fourth-order valence-electron chi connectivity index (χ4n) is 2.95. The van der Waals surface area contributed by atoms with Gasteiger partial charge in [-0.2, -0.15) is 0 Å². The predicted octanol–water partition coefficient (Wildman–Crippen LogP) is 3.87. The summed E-state index contributed by atoms with van der Waals surface area (Å²) < 4.78 is 0. The van der Waals surface area contributed by atoms with E-state index in [1.807, 2.05) is 0 Å². The van der Waals surface area contributed by atoms with Crippen LogP contribution in [0.2, 0.25) is 0 Å². The van der Waals surface area contributed by atoms with Crippen LogP contribution in [0.15, 0.2) is 18.2 Å². The molecule has 0 radical (unpaired) electrons. The van der Waals surface area contributed by atoms with E-state index in [4.69, 9.17) is 18.0 Å². The van der Waals surface area contributed by atoms with E-state index in [9.17, 15) is 0 Å². The summed E-state index contributed by atoms with van der Waals surface area (Å²) in [6.45, 7) is 5.46. The van der Waals surface area contributed by atoms with Crippen LogP contribution in [-0.4, -0.2) is 11.5 Å². The highest BCUT2D eigenvalue weighted by atomic mass is 32.1. The van der Waals surface area contributed by atoms with Crippen molar-refractivity contribution in [1.29, 1.82) is 0 Å². The minimum Gasteiger partial charge on any atom is -0.389 e. The smallest absolute Gasteiger partial charge is 0.106 e. The number of nitrogens with one attached hydrogen (secondary N) is 1. The Morgan fingerprint density at radius 2 is 2.11 bits per heavy atom. The van der Waals surface area contributed by atoms with Crippen LogP contribution in [0.5, 0.6) is 0 Å². The number of nitrogens with two attached hydrogens (primary N) is 1. The molecule has 0 aromatic heterocycles. The Labute approximate surface area is 121 Å². The van der Waals surface area contributed by atoms with Gasteiger partial charge in [0.05, 0.1) is 0 Å². The summed E-state index contributed by atoms with van der Waals surface area (Å²) in [7, 11) is 0. The quantitative estimate of drug-likeness (QED) is 0.820. The number of hydrogen-bond donors (Lipinski definition) is 2. The van der Waals surface area contributed by atoms with Crippen LogP contribution in [0.25, 0.3) is 0 Å². The highest BCUT2D eigenvalue weighted by Gasteiger charge is 2.21. The molecule has 2 rings (SSSR count). The molecule has 2 unspecified atom stereocenters. The molecule has 1 aliphatic carbocycles. The van der Waals surface area contributed by atoms with Crippen LogP contribution in [0.3, 0.4) is 0 Å². The zero-order valence-electron chi connectivity index (χ0n) is 11.9. The van der Waals surface area contributed by atoms with E-state index in [2.05, 4.69) is 37.4 Å². The normalized spacial score (nSPS) is 23.1. The highest BCUT2D eigenvalue weighted by molar-refractivity contribution is 7.80. The van der Waals surface area contributed by atoms with Gasteiger partial charge in [0, 0.05) is 17.8 Å². The molecule has 1 saturated carbocycles. The first-order chi connectivity index (χ1) is 9.08. The molecule has 1 aromatic carbocycles. The standard InChI is InChI=1S/C16H24N2S/c1-11-7-8-15(14(9-11)16(17)19)18-10-13-6-4-3-5-12(13)2/h7-9,12-13,18H,3-6,10H2,1-2H3,(H2,17,19). The summed E-state index contributed by atoms with van der Waals surface area (Å²) >= 11 is 5.14. The summed E-state index contributed by atoms with van der Waals surface area (Å²) in [4.78, 5) is 0.475. The van der Waals surface area contributed by atoms with Crippen LogP contribution in [0.4, 0.5) is 5.69 Å². The van der Waals surface area contributed by atoms with Crippen molar-refractivity contribution in [2.45, 2.75) is 39.5 Å². The minimum absolute atomic E-state index is 0.475. The van der Waals surface area contributed by atoms with Crippen molar-refractivity contribution in [2.24, 2.45) is 17.6 Å². The SMILES string of the molecule is Cc1ccc(NCC2CCCCC2C)c(C(N)=S)c1. The number of thiocarbonyl (C=S) groups is 1. The van der Waals surface area contributed by atoms with Gasteiger partial charge in [0.1, 0.15) is 4.99 Å². The first kappa shape index (κ1) is 14.3. The van der Waals surface area contributed by atoms with Crippen LogP contribution in [-0.2, 0) is 0 Å². The van der Waals surface area contributed by atoms with Gasteiger partial charge in [-0.1, -0.05) is 50.0 Å². The van der Waals surface area contributed by atoms with E-state index in [0.29, 0.717) is 4.99 Å². The first-order valence-electron chi connectivity index (χ1n) is 7.22. The van der Waals surface area contributed by atoms with E-state index in [0.717, 1.165) is 29.6 Å². The van der Waals surface area contributed by atoms with Crippen molar-refractivity contribution < 1.29 is 0 Å². The van der Waals surface area contributed by atoms with Crippen molar-refractivity contribution in [1.82, 2.24) is 0 Å². The van der Waals surface area contributed by atoms with Gasteiger partial charge in [0.15, 0.2) is 0 Å². The molecule has 0 heterocycles. The number of hydrogen-bond acceptors (Lipinski definition) is 2. The maximum Gasteiger partial charge on any atom is 0.106 e. The second kappa shape index (κ2) is 6.38. The number of rotatable bonds is 4. The molecule has 3 heteroatoms. The second-order valence-electron chi connectivity index (χ2n) is 5.82. The number of benzene rings is 1. The molecule has 0 aliphatic heterocycles. The van der Waals surface area contributed by atoms with Gasteiger partial charge in [-0.05, 0) is 37.3 Å². The maximum atomic E-state index is 5.81. The molecule has 3 N–H and O–H groups in total. The van der Waals surface area contributed by atoms with Crippen LogP contribution >= 0.6 is 12.2 Å². The lowest BCUT2D eigenvalue weighted by molar-refractivity contribution is 0.268. The number of anilines is 1. The van der Waals surface area contributed by atoms with Gasteiger partial charge >= 0.3 is 0 Å². The summed E-state index contributed by atoms with van der Waals surface area (Å²) in [6.07, 6.45) is 5.46. The molecule has 2 atom stereocenters. The molecular weight excluding hydrogens is 252 g/mol. The third-order valence-electron chi connectivity index (χ3n) is 4.28. The Hall–Kier alpha value is -1.09. The lowest BCUT2D eigenvalue weighted by Crippen LogP contribution is -2.25. The summed E-state index contributed by atoms with van der Waals surface area (Å²) in [5.74, 6) is 1.59. The van der Waals surface area contributed by atoms with Crippen molar-refractivity contribution in [3.8, 4) is 0 Å². The monoisotopic (exact) mass is 276 g/mol. The number of aryl methyl sites for hydroxylation is 1. The lowest BCUT2D eigenvalue weighted by Gasteiger charge is -2.29. The topological polar surface area (TPSA) is 38.0 Å². The molecule has 104 valence electrons. The van der Waals surface area contributed by atoms with E-state index in [1.165, 1.54) is 31.2 Å². The molecule has 1 fully saturated rings. The fourth-order valence-corrected chi connectivity index (χ4v) is 3.12.